The van der Waals surface area contributed by atoms with Gasteiger partial charge in [0.15, 0.2) is 0 Å². The number of ether oxygens (including phenoxy) is 1. The van der Waals surface area contributed by atoms with Gasteiger partial charge in [-0.1, -0.05) is 41.9 Å². The molecule has 1 aromatic carbocycles. The number of hydrogen-bond acceptors (Lipinski definition) is 2. The summed E-state index contributed by atoms with van der Waals surface area (Å²) in [6, 6.07) is 8.77. The van der Waals surface area contributed by atoms with Crippen LogP contribution in [-0.2, 0) is 4.74 Å². The van der Waals surface area contributed by atoms with Crippen molar-refractivity contribution in [2.45, 2.75) is 26.2 Å². The molecule has 1 heterocycles. The van der Waals surface area contributed by atoms with Gasteiger partial charge in [0.05, 0.1) is 6.61 Å². The third-order valence-corrected chi connectivity index (χ3v) is 5.17. The Kier molecular flexibility index (Phi) is 5.04. The molecule has 0 radical (unpaired) electrons. The maximum Gasteiger partial charge on any atom is 0.0527 e. The summed E-state index contributed by atoms with van der Waals surface area (Å²) in [6.45, 7) is 7.64. The van der Waals surface area contributed by atoms with Crippen molar-refractivity contribution < 1.29 is 4.74 Å². The van der Waals surface area contributed by atoms with E-state index in [1.165, 1.54) is 12.0 Å². The van der Waals surface area contributed by atoms with E-state index in [0.29, 0.717) is 11.8 Å². The predicted molar refractivity (Wildman–Crippen MR) is 83.5 cm³/mol. The molecule has 0 saturated carbocycles. The lowest BCUT2D eigenvalue weighted by atomic mass is 9.62. The van der Waals surface area contributed by atoms with Crippen LogP contribution in [0.3, 0.4) is 0 Å². The number of piperidine rings is 1. The molecular weight excluding hydrogens is 302 g/mol. The molecule has 1 aromatic rings. The minimum Gasteiger partial charge on any atom is -0.384 e. The van der Waals surface area contributed by atoms with Crippen molar-refractivity contribution in [3.63, 3.8) is 0 Å². The van der Waals surface area contributed by atoms with E-state index in [4.69, 9.17) is 4.74 Å². The molecule has 1 N–H and O–H groups in total. The molecule has 19 heavy (non-hydrogen) atoms. The van der Waals surface area contributed by atoms with Gasteiger partial charge in [0.2, 0.25) is 0 Å². The number of rotatable bonds is 4. The molecule has 0 bridgehead atoms. The minimum absolute atomic E-state index is 0.244. The van der Waals surface area contributed by atoms with Gasteiger partial charge < -0.3 is 10.1 Å². The zero-order valence-corrected chi connectivity index (χ0v) is 13.7. The maximum atomic E-state index is 5.58. The first-order valence-electron chi connectivity index (χ1n) is 7.05. The van der Waals surface area contributed by atoms with Gasteiger partial charge in [0, 0.05) is 29.5 Å². The van der Waals surface area contributed by atoms with Crippen LogP contribution in [0.1, 0.15) is 31.7 Å². The van der Waals surface area contributed by atoms with E-state index in [1.54, 1.807) is 0 Å². The van der Waals surface area contributed by atoms with E-state index in [0.717, 1.165) is 24.2 Å². The van der Waals surface area contributed by atoms with Crippen LogP contribution in [0.5, 0.6) is 0 Å². The lowest BCUT2D eigenvalue weighted by Crippen LogP contribution is -2.49. The molecule has 2 atom stereocenters. The first-order valence-corrected chi connectivity index (χ1v) is 7.84. The van der Waals surface area contributed by atoms with Gasteiger partial charge in [0.1, 0.15) is 0 Å². The SMILES string of the molecule is COCC1(C(C)C)CCNCC1c1ccc(Br)cc1. The lowest BCUT2D eigenvalue weighted by molar-refractivity contribution is -0.00000567. The molecule has 1 saturated heterocycles. The molecular formula is C16H24BrNO. The van der Waals surface area contributed by atoms with Crippen LogP contribution < -0.4 is 5.32 Å². The molecule has 0 spiro atoms. The fraction of sp³-hybridized carbons (Fsp3) is 0.625. The fourth-order valence-electron chi connectivity index (χ4n) is 3.39. The Labute approximate surface area is 125 Å². The minimum atomic E-state index is 0.244. The molecule has 3 heteroatoms. The van der Waals surface area contributed by atoms with Crippen molar-refractivity contribution in [1.82, 2.24) is 5.32 Å². The first-order chi connectivity index (χ1) is 9.10. The summed E-state index contributed by atoms with van der Waals surface area (Å²) in [5, 5.41) is 3.55. The van der Waals surface area contributed by atoms with Gasteiger partial charge in [-0.15, -0.1) is 0 Å². The van der Waals surface area contributed by atoms with Crippen LogP contribution in [0.2, 0.25) is 0 Å². The number of nitrogens with one attached hydrogen (secondary N) is 1. The molecule has 2 unspecified atom stereocenters. The van der Waals surface area contributed by atoms with Crippen molar-refractivity contribution in [2.75, 3.05) is 26.8 Å². The van der Waals surface area contributed by atoms with Crippen LogP contribution in [0, 0.1) is 11.3 Å². The van der Waals surface area contributed by atoms with E-state index < -0.39 is 0 Å². The van der Waals surface area contributed by atoms with E-state index >= 15 is 0 Å². The van der Waals surface area contributed by atoms with Crippen LogP contribution in [0.15, 0.2) is 28.7 Å². The molecule has 2 nitrogen and oxygen atoms in total. The number of hydrogen-bond donors (Lipinski definition) is 1. The normalized spacial score (nSPS) is 27.7. The van der Waals surface area contributed by atoms with Gasteiger partial charge in [-0.2, -0.15) is 0 Å². The Hall–Kier alpha value is -0.380. The maximum absolute atomic E-state index is 5.58. The predicted octanol–water partition coefficient (Wildman–Crippen LogP) is 3.81. The highest BCUT2D eigenvalue weighted by molar-refractivity contribution is 9.10. The summed E-state index contributed by atoms with van der Waals surface area (Å²) >= 11 is 3.52. The van der Waals surface area contributed by atoms with Crippen molar-refractivity contribution in [3.8, 4) is 0 Å². The van der Waals surface area contributed by atoms with Gasteiger partial charge in [-0.05, 0) is 36.6 Å². The molecule has 1 fully saturated rings. The number of benzene rings is 1. The van der Waals surface area contributed by atoms with Crippen LogP contribution in [0.4, 0.5) is 0 Å². The Morgan fingerprint density at radius 3 is 2.63 bits per heavy atom. The van der Waals surface area contributed by atoms with Gasteiger partial charge in [0.25, 0.3) is 0 Å². The van der Waals surface area contributed by atoms with Gasteiger partial charge in [-0.25, -0.2) is 0 Å². The van der Waals surface area contributed by atoms with Crippen LogP contribution in [0.25, 0.3) is 0 Å². The Morgan fingerprint density at radius 2 is 2.05 bits per heavy atom. The molecule has 2 rings (SSSR count). The summed E-state index contributed by atoms with van der Waals surface area (Å²) in [6.07, 6.45) is 1.18. The fourth-order valence-corrected chi connectivity index (χ4v) is 3.65. The second-order valence-corrected chi connectivity index (χ2v) is 6.79. The molecule has 0 aromatic heterocycles. The summed E-state index contributed by atoms with van der Waals surface area (Å²) in [5.74, 6) is 1.14. The van der Waals surface area contributed by atoms with Crippen molar-refractivity contribution >= 4 is 15.9 Å². The Balaban J connectivity index is 2.35. The molecule has 106 valence electrons. The average molecular weight is 326 g/mol. The smallest absolute Gasteiger partial charge is 0.0527 e. The number of methoxy groups -OCH3 is 1. The second kappa shape index (κ2) is 6.38. The Bertz CT molecular complexity index is 400. The molecule has 0 aliphatic carbocycles. The van der Waals surface area contributed by atoms with Gasteiger partial charge in [-0.3, -0.25) is 0 Å². The summed E-state index contributed by atoms with van der Waals surface area (Å²) < 4.78 is 6.73. The summed E-state index contributed by atoms with van der Waals surface area (Å²) in [5.41, 5.74) is 1.66. The average Bonchev–Trinajstić information content (AvgIpc) is 2.40. The largest absolute Gasteiger partial charge is 0.384 e. The van der Waals surface area contributed by atoms with E-state index in [-0.39, 0.29) is 5.41 Å². The monoisotopic (exact) mass is 325 g/mol. The highest BCUT2D eigenvalue weighted by Crippen LogP contribution is 2.46. The standard InChI is InChI=1S/C16H24BrNO/c1-12(2)16(11-19-3)8-9-18-10-15(16)13-4-6-14(17)7-5-13/h4-7,12,15,18H,8-11H2,1-3H3. The summed E-state index contributed by atoms with van der Waals surface area (Å²) in [7, 11) is 1.82. The Morgan fingerprint density at radius 1 is 1.37 bits per heavy atom. The van der Waals surface area contributed by atoms with Crippen LogP contribution in [-0.4, -0.2) is 26.8 Å². The molecule has 1 aliphatic rings. The van der Waals surface area contributed by atoms with E-state index in [2.05, 4.69) is 59.4 Å². The third kappa shape index (κ3) is 3.04. The lowest BCUT2D eigenvalue weighted by Gasteiger charge is -2.47. The van der Waals surface area contributed by atoms with Crippen molar-refractivity contribution in [3.05, 3.63) is 34.3 Å². The zero-order valence-electron chi connectivity index (χ0n) is 12.1. The topological polar surface area (TPSA) is 21.3 Å². The number of halogens is 1. The van der Waals surface area contributed by atoms with E-state index in [1.807, 2.05) is 7.11 Å². The van der Waals surface area contributed by atoms with Crippen molar-refractivity contribution in [1.29, 1.82) is 0 Å². The zero-order chi connectivity index (χ0) is 13.9. The third-order valence-electron chi connectivity index (χ3n) is 4.64. The quantitative estimate of drug-likeness (QED) is 0.908. The first kappa shape index (κ1) is 15.0. The molecule has 0 amide bonds. The highest BCUT2D eigenvalue weighted by atomic mass is 79.9. The van der Waals surface area contributed by atoms with E-state index in [9.17, 15) is 0 Å². The summed E-state index contributed by atoms with van der Waals surface area (Å²) in [4.78, 5) is 0. The second-order valence-electron chi connectivity index (χ2n) is 5.88. The van der Waals surface area contributed by atoms with Gasteiger partial charge >= 0.3 is 0 Å². The molecule has 1 aliphatic heterocycles. The van der Waals surface area contributed by atoms with Crippen LogP contribution >= 0.6 is 15.9 Å². The highest BCUT2D eigenvalue weighted by Gasteiger charge is 2.43. The van der Waals surface area contributed by atoms with Crippen molar-refractivity contribution in [2.24, 2.45) is 11.3 Å².